The van der Waals surface area contributed by atoms with Gasteiger partial charge < -0.3 is 11.1 Å². The third-order valence-corrected chi connectivity index (χ3v) is 3.62. The van der Waals surface area contributed by atoms with Crippen molar-refractivity contribution < 1.29 is 4.79 Å². The largest absolute Gasteiger partial charge is 0.325 e. The first-order valence-electron chi connectivity index (χ1n) is 6.17. The minimum Gasteiger partial charge on any atom is -0.325 e. The Morgan fingerprint density at radius 2 is 2.33 bits per heavy atom. The topological polar surface area (TPSA) is 83.8 Å². The lowest BCUT2D eigenvalue weighted by molar-refractivity contribution is -0.118. The molecule has 18 heavy (non-hydrogen) atoms. The van der Waals surface area contributed by atoms with Gasteiger partial charge in [0.25, 0.3) is 0 Å². The highest BCUT2D eigenvalue weighted by Crippen LogP contribution is 2.32. The Balaban J connectivity index is 1.75. The summed E-state index contributed by atoms with van der Waals surface area (Å²) in [6.07, 6.45) is 5.11. The van der Waals surface area contributed by atoms with Crippen LogP contribution in [0, 0.1) is 0 Å². The molecule has 1 aliphatic carbocycles. The van der Waals surface area contributed by atoms with E-state index >= 15 is 0 Å². The molecule has 1 heterocycles. The number of rotatable bonds is 3. The highest BCUT2D eigenvalue weighted by Gasteiger charge is 2.34. The lowest BCUT2D eigenvalue weighted by Gasteiger charge is -2.37. The second-order valence-electron chi connectivity index (χ2n) is 5.08. The number of nitrogens with two attached hydrogens (primary N) is 1. The number of carbonyl (C=O) groups excluding carboxylic acids is 1. The number of amides is 1. The molecule has 94 valence electrons. The van der Waals surface area contributed by atoms with E-state index in [0.29, 0.717) is 6.42 Å². The van der Waals surface area contributed by atoms with Crippen LogP contribution in [0.25, 0.3) is 10.9 Å². The normalized spacial score (nSPS) is 17.4. The average Bonchev–Trinajstić information content (AvgIpc) is 2.76. The van der Waals surface area contributed by atoms with Crippen LogP contribution in [0.15, 0.2) is 24.4 Å². The first-order valence-corrected chi connectivity index (χ1v) is 6.17. The molecule has 1 aromatic heterocycles. The van der Waals surface area contributed by atoms with Crippen LogP contribution in [0.2, 0.25) is 0 Å². The third-order valence-electron chi connectivity index (χ3n) is 3.62. The molecule has 0 atom stereocenters. The summed E-state index contributed by atoms with van der Waals surface area (Å²) in [5.74, 6) is -0.0223. The van der Waals surface area contributed by atoms with Gasteiger partial charge >= 0.3 is 0 Å². The molecule has 0 aliphatic heterocycles. The number of fused-ring (bicyclic) bond motifs is 1. The van der Waals surface area contributed by atoms with Gasteiger partial charge in [-0.2, -0.15) is 5.10 Å². The standard InChI is InChI=1S/C13H16N4O/c14-13(5-2-6-13)7-12(18)16-10-3-1-4-11-9(10)8-15-17-11/h1,3-4,8H,2,5-7,14H2,(H,15,17)(H,16,18). The Hall–Kier alpha value is -1.88. The van der Waals surface area contributed by atoms with E-state index in [1.807, 2.05) is 18.2 Å². The summed E-state index contributed by atoms with van der Waals surface area (Å²) in [5, 5.41) is 10.7. The molecule has 3 rings (SSSR count). The number of hydrogen-bond acceptors (Lipinski definition) is 3. The minimum atomic E-state index is -0.283. The van der Waals surface area contributed by atoms with Crippen molar-refractivity contribution in [2.75, 3.05) is 5.32 Å². The molecule has 0 saturated heterocycles. The Morgan fingerprint density at radius 1 is 1.50 bits per heavy atom. The van der Waals surface area contributed by atoms with Gasteiger partial charge in [0.2, 0.25) is 5.91 Å². The van der Waals surface area contributed by atoms with Crippen molar-refractivity contribution in [3.8, 4) is 0 Å². The highest BCUT2D eigenvalue weighted by atomic mass is 16.1. The zero-order valence-corrected chi connectivity index (χ0v) is 10.1. The zero-order chi connectivity index (χ0) is 12.6. The predicted molar refractivity (Wildman–Crippen MR) is 70.1 cm³/mol. The van der Waals surface area contributed by atoms with Gasteiger partial charge in [-0.05, 0) is 31.4 Å². The van der Waals surface area contributed by atoms with Gasteiger partial charge in [0.15, 0.2) is 0 Å². The maximum atomic E-state index is 12.0. The lowest BCUT2D eigenvalue weighted by atomic mass is 9.75. The lowest BCUT2D eigenvalue weighted by Crippen LogP contribution is -2.48. The van der Waals surface area contributed by atoms with Crippen LogP contribution in [-0.4, -0.2) is 21.6 Å². The van der Waals surface area contributed by atoms with Gasteiger partial charge in [0.05, 0.1) is 17.4 Å². The third kappa shape index (κ3) is 1.97. The quantitative estimate of drug-likeness (QED) is 0.769. The molecule has 1 saturated carbocycles. The summed E-state index contributed by atoms with van der Waals surface area (Å²) in [5.41, 5.74) is 7.49. The Kier molecular flexibility index (Phi) is 2.56. The van der Waals surface area contributed by atoms with Crippen molar-refractivity contribution in [1.82, 2.24) is 10.2 Å². The fourth-order valence-electron chi connectivity index (χ4n) is 2.40. The van der Waals surface area contributed by atoms with E-state index in [1.165, 1.54) is 0 Å². The Labute approximate surface area is 105 Å². The summed E-state index contributed by atoms with van der Waals surface area (Å²) in [6, 6.07) is 5.69. The molecule has 0 radical (unpaired) electrons. The maximum absolute atomic E-state index is 12.0. The number of benzene rings is 1. The van der Waals surface area contributed by atoms with Crippen molar-refractivity contribution in [3.63, 3.8) is 0 Å². The summed E-state index contributed by atoms with van der Waals surface area (Å²) in [7, 11) is 0. The van der Waals surface area contributed by atoms with Crippen molar-refractivity contribution in [3.05, 3.63) is 24.4 Å². The van der Waals surface area contributed by atoms with Crippen LogP contribution in [-0.2, 0) is 4.79 Å². The predicted octanol–water partition coefficient (Wildman–Crippen LogP) is 1.77. The Morgan fingerprint density at radius 3 is 3.06 bits per heavy atom. The number of nitrogens with one attached hydrogen (secondary N) is 2. The molecule has 1 amide bonds. The monoisotopic (exact) mass is 244 g/mol. The van der Waals surface area contributed by atoms with Gasteiger partial charge in [-0.3, -0.25) is 9.89 Å². The molecule has 1 fully saturated rings. The first kappa shape index (κ1) is 11.2. The molecule has 0 unspecified atom stereocenters. The fourth-order valence-corrected chi connectivity index (χ4v) is 2.40. The fraction of sp³-hybridized carbons (Fsp3) is 0.385. The molecule has 5 nitrogen and oxygen atoms in total. The van der Waals surface area contributed by atoms with Gasteiger partial charge in [0, 0.05) is 17.3 Å². The molecular weight excluding hydrogens is 228 g/mol. The smallest absolute Gasteiger partial charge is 0.226 e. The summed E-state index contributed by atoms with van der Waals surface area (Å²) < 4.78 is 0. The second kappa shape index (κ2) is 4.10. The molecule has 1 aliphatic rings. The number of hydrogen-bond donors (Lipinski definition) is 3. The van der Waals surface area contributed by atoms with Crippen LogP contribution >= 0.6 is 0 Å². The van der Waals surface area contributed by atoms with Crippen molar-refractivity contribution >= 4 is 22.5 Å². The number of nitrogens with zero attached hydrogens (tertiary/aromatic N) is 1. The molecule has 2 aromatic rings. The zero-order valence-electron chi connectivity index (χ0n) is 10.1. The molecule has 4 N–H and O–H groups in total. The van der Waals surface area contributed by atoms with Gasteiger partial charge in [-0.1, -0.05) is 6.07 Å². The average molecular weight is 244 g/mol. The van der Waals surface area contributed by atoms with Crippen molar-refractivity contribution in [2.45, 2.75) is 31.2 Å². The minimum absolute atomic E-state index is 0.0223. The van der Waals surface area contributed by atoms with Crippen LogP contribution in [0.5, 0.6) is 0 Å². The number of H-pyrrole nitrogens is 1. The number of carbonyl (C=O) groups is 1. The van der Waals surface area contributed by atoms with E-state index in [1.54, 1.807) is 6.20 Å². The summed E-state index contributed by atoms with van der Waals surface area (Å²) >= 11 is 0. The molecular formula is C13H16N4O. The number of aromatic nitrogens is 2. The van der Waals surface area contributed by atoms with Crippen LogP contribution in [0.4, 0.5) is 5.69 Å². The van der Waals surface area contributed by atoms with E-state index in [0.717, 1.165) is 35.9 Å². The van der Waals surface area contributed by atoms with Crippen molar-refractivity contribution in [2.24, 2.45) is 5.73 Å². The van der Waals surface area contributed by atoms with Crippen LogP contribution in [0.1, 0.15) is 25.7 Å². The van der Waals surface area contributed by atoms with E-state index in [4.69, 9.17) is 5.73 Å². The summed E-state index contributed by atoms with van der Waals surface area (Å²) in [4.78, 5) is 12.0. The van der Waals surface area contributed by atoms with Gasteiger partial charge in [-0.25, -0.2) is 0 Å². The van der Waals surface area contributed by atoms with E-state index in [2.05, 4.69) is 15.5 Å². The van der Waals surface area contributed by atoms with Crippen molar-refractivity contribution in [1.29, 1.82) is 0 Å². The number of aromatic amines is 1. The van der Waals surface area contributed by atoms with Gasteiger partial charge in [0.1, 0.15) is 0 Å². The van der Waals surface area contributed by atoms with Crippen LogP contribution < -0.4 is 11.1 Å². The molecule has 0 spiro atoms. The van der Waals surface area contributed by atoms with E-state index in [9.17, 15) is 4.79 Å². The highest BCUT2D eigenvalue weighted by molar-refractivity contribution is 6.01. The molecule has 5 heteroatoms. The SMILES string of the molecule is NC1(CC(=O)Nc2cccc3[nH]ncc23)CCC1. The van der Waals surface area contributed by atoms with Gasteiger partial charge in [-0.15, -0.1) is 0 Å². The second-order valence-corrected chi connectivity index (χ2v) is 5.08. The molecule has 1 aromatic carbocycles. The molecule has 0 bridgehead atoms. The van der Waals surface area contributed by atoms with Crippen LogP contribution in [0.3, 0.4) is 0 Å². The summed E-state index contributed by atoms with van der Waals surface area (Å²) in [6.45, 7) is 0. The van der Waals surface area contributed by atoms with E-state index < -0.39 is 0 Å². The number of anilines is 1. The van der Waals surface area contributed by atoms with E-state index in [-0.39, 0.29) is 11.4 Å². The maximum Gasteiger partial charge on any atom is 0.226 e. The Bertz CT molecular complexity index is 585. The first-order chi connectivity index (χ1) is 8.66.